The van der Waals surface area contributed by atoms with Gasteiger partial charge in [-0.05, 0) is 17.0 Å². The molecule has 1 N–H and O–H groups in total. The van der Waals surface area contributed by atoms with Gasteiger partial charge in [-0.25, -0.2) is 9.50 Å². The average molecular weight is 406 g/mol. The van der Waals surface area contributed by atoms with Gasteiger partial charge >= 0.3 is 6.18 Å². The van der Waals surface area contributed by atoms with Crippen LogP contribution >= 0.6 is 11.3 Å². The Balaban J connectivity index is 1.62. The van der Waals surface area contributed by atoms with Gasteiger partial charge in [0, 0.05) is 42.3 Å². The van der Waals surface area contributed by atoms with Gasteiger partial charge in [0.2, 0.25) is 0 Å². The van der Waals surface area contributed by atoms with Gasteiger partial charge in [-0.15, -0.1) is 11.3 Å². The molecular weight excluding hydrogens is 393 g/mol. The molecule has 0 aliphatic rings. The molecule has 1 amide bonds. The molecule has 4 heterocycles. The Hall–Kier alpha value is -3.21. The summed E-state index contributed by atoms with van der Waals surface area (Å²) in [5.41, 5.74) is 3.63. The van der Waals surface area contributed by atoms with E-state index in [-0.39, 0.29) is 4.88 Å². The molecule has 0 aliphatic carbocycles. The first kappa shape index (κ1) is 18.2. The van der Waals surface area contributed by atoms with Crippen molar-refractivity contribution in [2.75, 3.05) is 13.6 Å². The van der Waals surface area contributed by atoms with E-state index in [0.29, 0.717) is 21.7 Å². The fourth-order valence-electron chi connectivity index (χ4n) is 2.75. The number of hydrogen-bond acceptors (Lipinski definition) is 5. The number of alkyl halides is 3. The Morgan fingerprint density at radius 2 is 2.07 bits per heavy atom. The van der Waals surface area contributed by atoms with E-state index in [0.717, 1.165) is 29.5 Å². The lowest BCUT2D eigenvalue weighted by Gasteiger charge is -2.17. The third-order valence-corrected chi connectivity index (χ3v) is 4.99. The second-order valence-corrected chi connectivity index (χ2v) is 7.04. The predicted molar refractivity (Wildman–Crippen MR) is 96.9 cm³/mol. The van der Waals surface area contributed by atoms with Crippen molar-refractivity contribution in [3.8, 4) is 22.3 Å². The number of aromatic amines is 1. The van der Waals surface area contributed by atoms with E-state index >= 15 is 0 Å². The van der Waals surface area contributed by atoms with Crippen molar-refractivity contribution in [1.82, 2.24) is 29.7 Å². The van der Waals surface area contributed by atoms with Gasteiger partial charge in [-0.2, -0.15) is 23.4 Å². The summed E-state index contributed by atoms with van der Waals surface area (Å²) in [4.78, 5) is 17.5. The number of fused-ring (bicyclic) bond motifs is 1. The molecule has 0 aromatic carbocycles. The summed E-state index contributed by atoms with van der Waals surface area (Å²) >= 11 is 1.08. The summed E-state index contributed by atoms with van der Waals surface area (Å²) in [5.74, 6) is -0.680. The predicted octanol–water partition coefficient (Wildman–Crippen LogP) is 3.48. The van der Waals surface area contributed by atoms with Crippen LogP contribution in [0.2, 0.25) is 0 Å². The Morgan fingerprint density at radius 1 is 1.25 bits per heavy atom. The molecule has 4 rings (SSSR count). The number of rotatable bonds is 4. The summed E-state index contributed by atoms with van der Waals surface area (Å²) in [6.07, 6.45) is 4.05. The third-order valence-electron chi connectivity index (χ3n) is 4.07. The van der Waals surface area contributed by atoms with Gasteiger partial charge in [-0.3, -0.25) is 9.89 Å². The highest BCUT2D eigenvalue weighted by molar-refractivity contribution is 7.12. The van der Waals surface area contributed by atoms with E-state index in [9.17, 15) is 18.0 Å². The van der Waals surface area contributed by atoms with Gasteiger partial charge < -0.3 is 4.90 Å². The normalized spacial score (nSPS) is 11.9. The first-order valence-electron chi connectivity index (χ1n) is 8.05. The maximum absolute atomic E-state index is 12.5. The van der Waals surface area contributed by atoms with Crippen LogP contribution in [0.4, 0.5) is 13.2 Å². The average Bonchev–Trinajstić information content (AvgIpc) is 3.37. The number of thiophene rings is 1. The Kier molecular flexibility index (Phi) is 4.38. The van der Waals surface area contributed by atoms with E-state index in [2.05, 4.69) is 20.3 Å². The van der Waals surface area contributed by atoms with Crippen LogP contribution in [0.5, 0.6) is 0 Å². The summed E-state index contributed by atoms with van der Waals surface area (Å²) in [6, 6.07) is 1.56. The van der Waals surface area contributed by atoms with Crippen molar-refractivity contribution in [1.29, 1.82) is 0 Å². The minimum absolute atomic E-state index is 0.219. The first-order valence-corrected chi connectivity index (χ1v) is 8.93. The van der Waals surface area contributed by atoms with Crippen LogP contribution in [-0.2, 0) is 0 Å². The molecule has 0 saturated carbocycles. The van der Waals surface area contributed by atoms with Gasteiger partial charge in [0.05, 0.1) is 17.3 Å². The van der Waals surface area contributed by atoms with Crippen LogP contribution in [0.3, 0.4) is 0 Å². The molecular formula is C17H13F3N6OS. The molecule has 0 spiro atoms. The number of nitrogens with one attached hydrogen (secondary N) is 1. The molecule has 4 aromatic rings. The van der Waals surface area contributed by atoms with Crippen LogP contribution in [0, 0.1) is 0 Å². The van der Waals surface area contributed by atoms with Crippen molar-refractivity contribution in [3.05, 3.63) is 47.3 Å². The zero-order valence-electron chi connectivity index (χ0n) is 14.4. The van der Waals surface area contributed by atoms with Gasteiger partial charge in [0.25, 0.3) is 5.91 Å². The summed E-state index contributed by atoms with van der Waals surface area (Å²) in [7, 11) is 1.13. The lowest BCUT2D eigenvalue weighted by Crippen LogP contribution is -2.35. The largest absolute Gasteiger partial charge is 0.406 e. The number of carbonyl (C=O) groups excluding carboxylic acids is 1. The van der Waals surface area contributed by atoms with Gasteiger partial charge in [-0.1, -0.05) is 0 Å². The third kappa shape index (κ3) is 3.48. The highest BCUT2D eigenvalue weighted by Gasteiger charge is 2.32. The number of hydrogen-bond donors (Lipinski definition) is 1. The van der Waals surface area contributed by atoms with E-state index in [1.54, 1.807) is 46.9 Å². The number of nitrogens with zero attached hydrogens (tertiary/aromatic N) is 5. The van der Waals surface area contributed by atoms with Crippen LogP contribution in [-0.4, -0.2) is 55.4 Å². The van der Waals surface area contributed by atoms with E-state index in [1.165, 1.54) is 0 Å². The zero-order chi connectivity index (χ0) is 19.9. The first-order chi connectivity index (χ1) is 13.3. The zero-order valence-corrected chi connectivity index (χ0v) is 15.3. The highest BCUT2D eigenvalue weighted by Crippen LogP contribution is 2.30. The van der Waals surface area contributed by atoms with Crippen molar-refractivity contribution in [3.63, 3.8) is 0 Å². The lowest BCUT2D eigenvalue weighted by molar-refractivity contribution is -0.138. The van der Waals surface area contributed by atoms with Crippen LogP contribution in [0.25, 0.3) is 27.9 Å². The van der Waals surface area contributed by atoms with Crippen LogP contribution in [0.1, 0.15) is 9.67 Å². The van der Waals surface area contributed by atoms with Crippen LogP contribution < -0.4 is 0 Å². The second kappa shape index (κ2) is 6.75. The second-order valence-electron chi connectivity index (χ2n) is 6.13. The topological polar surface area (TPSA) is 79.2 Å². The van der Waals surface area contributed by atoms with E-state index in [4.69, 9.17) is 0 Å². The molecule has 0 saturated heterocycles. The fourth-order valence-corrected chi connectivity index (χ4v) is 3.66. The Bertz CT molecular complexity index is 1130. The van der Waals surface area contributed by atoms with Crippen molar-refractivity contribution in [2.45, 2.75) is 6.18 Å². The Labute approximate surface area is 160 Å². The van der Waals surface area contributed by atoms with Gasteiger partial charge in [0.1, 0.15) is 6.54 Å². The maximum Gasteiger partial charge on any atom is 0.406 e. The maximum atomic E-state index is 12.5. The minimum Gasteiger partial charge on any atom is -0.332 e. The number of amides is 1. The molecule has 0 unspecified atom stereocenters. The smallest absolute Gasteiger partial charge is 0.332 e. The monoisotopic (exact) mass is 406 g/mol. The van der Waals surface area contributed by atoms with Gasteiger partial charge in [0.15, 0.2) is 5.65 Å². The molecule has 4 aromatic heterocycles. The quantitative estimate of drug-likeness (QED) is 0.563. The van der Waals surface area contributed by atoms with Crippen LogP contribution in [0.15, 0.2) is 42.4 Å². The van der Waals surface area contributed by atoms with Crippen molar-refractivity contribution < 1.29 is 18.0 Å². The SMILES string of the molecule is CN(CC(F)(F)F)C(=O)c1cc(-c2cnn3cc(-c4cn[nH]c4)cnc23)cs1. The number of H-pyrrole nitrogens is 1. The standard InChI is InChI=1S/C17H13F3N6OS/c1-25(9-17(18,19)20)16(27)14-2-10(8-28-14)13-6-24-26-7-12(3-21-15(13)26)11-4-22-23-5-11/h2-8H,9H2,1H3,(H,22,23). The molecule has 7 nitrogen and oxygen atoms in total. The summed E-state index contributed by atoms with van der Waals surface area (Å²) in [6.45, 7) is -1.30. The van der Waals surface area contributed by atoms with Crippen molar-refractivity contribution >= 4 is 22.9 Å². The fraction of sp³-hybridized carbons (Fsp3) is 0.176. The number of carbonyl (C=O) groups is 1. The molecule has 0 bridgehead atoms. The Morgan fingerprint density at radius 3 is 2.79 bits per heavy atom. The molecule has 28 heavy (non-hydrogen) atoms. The molecule has 0 atom stereocenters. The number of halogens is 3. The molecule has 144 valence electrons. The lowest BCUT2D eigenvalue weighted by atomic mass is 10.1. The molecule has 11 heteroatoms. The molecule has 0 fully saturated rings. The highest BCUT2D eigenvalue weighted by atomic mass is 32.1. The molecule has 0 aliphatic heterocycles. The van der Waals surface area contributed by atoms with E-state index < -0.39 is 18.6 Å². The van der Waals surface area contributed by atoms with Crippen molar-refractivity contribution in [2.24, 2.45) is 0 Å². The number of aromatic nitrogens is 5. The minimum atomic E-state index is -4.44. The summed E-state index contributed by atoms with van der Waals surface area (Å²) < 4.78 is 39.1. The van der Waals surface area contributed by atoms with E-state index in [1.807, 2.05) is 0 Å². The summed E-state index contributed by atoms with van der Waals surface area (Å²) in [5, 5.41) is 12.6. The molecule has 0 radical (unpaired) electrons.